The molecule has 0 fully saturated rings. The van der Waals surface area contributed by atoms with Gasteiger partial charge in [-0.05, 0) is 37.1 Å². The molecule has 1 atom stereocenters. The van der Waals surface area contributed by atoms with E-state index in [1.54, 1.807) is 30.0 Å². The summed E-state index contributed by atoms with van der Waals surface area (Å²) < 4.78 is 13.1. The number of esters is 1. The van der Waals surface area contributed by atoms with Gasteiger partial charge in [0, 0.05) is 18.0 Å². The van der Waals surface area contributed by atoms with Gasteiger partial charge in [0.1, 0.15) is 11.8 Å². The summed E-state index contributed by atoms with van der Waals surface area (Å²) in [5.74, 6) is 0.0976. The first-order valence-electron chi connectivity index (χ1n) is 10.3. The van der Waals surface area contributed by atoms with Gasteiger partial charge in [0.25, 0.3) is 5.56 Å². The predicted octanol–water partition coefficient (Wildman–Crippen LogP) is 2.59. The van der Waals surface area contributed by atoms with E-state index in [2.05, 4.69) is 9.98 Å². The molecule has 0 unspecified atom stereocenters. The molecule has 4 rings (SSSR count). The zero-order valence-corrected chi connectivity index (χ0v) is 18.9. The summed E-state index contributed by atoms with van der Waals surface area (Å²) in [7, 11) is 1.33. The average molecular weight is 450 g/mol. The first kappa shape index (κ1) is 21.7. The molecule has 8 heteroatoms. The van der Waals surface area contributed by atoms with Gasteiger partial charge in [0.05, 0.1) is 29.5 Å². The van der Waals surface area contributed by atoms with Crippen LogP contribution in [0.3, 0.4) is 0 Å². The molecule has 164 valence electrons. The number of carbonyl (C=O) groups is 1. The van der Waals surface area contributed by atoms with Crippen molar-refractivity contribution in [3.05, 3.63) is 90.9 Å². The SMILES string of the molecule is CCCOc1ccccc1[C@@H]1C(C(=O)OC)=C(C)N=c2s/c(=C/c3cccnc3)c(=O)n21. The van der Waals surface area contributed by atoms with Gasteiger partial charge in [-0.15, -0.1) is 0 Å². The van der Waals surface area contributed by atoms with Crippen molar-refractivity contribution in [2.75, 3.05) is 13.7 Å². The predicted molar refractivity (Wildman–Crippen MR) is 122 cm³/mol. The lowest BCUT2D eigenvalue weighted by atomic mass is 9.95. The van der Waals surface area contributed by atoms with Gasteiger partial charge < -0.3 is 9.47 Å². The molecule has 0 radical (unpaired) electrons. The Morgan fingerprint density at radius 2 is 2.06 bits per heavy atom. The Balaban J connectivity index is 1.98. The van der Waals surface area contributed by atoms with Gasteiger partial charge in [0.2, 0.25) is 0 Å². The fourth-order valence-corrected chi connectivity index (χ4v) is 4.70. The molecule has 0 bridgehead atoms. The second kappa shape index (κ2) is 9.32. The van der Waals surface area contributed by atoms with Crippen LogP contribution in [0.15, 0.2) is 69.8 Å². The van der Waals surface area contributed by atoms with Crippen LogP contribution in [-0.2, 0) is 9.53 Å². The molecule has 1 aromatic carbocycles. The second-order valence-electron chi connectivity index (χ2n) is 7.25. The third kappa shape index (κ3) is 4.01. The summed E-state index contributed by atoms with van der Waals surface area (Å²) in [5.41, 5.74) is 2.12. The maximum Gasteiger partial charge on any atom is 0.338 e. The number of aromatic nitrogens is 2. The van der Waals surface area contributed by atoms with E-state index in [1.165, 1.54) is 18.4 Å². The minimum absolute atomic E-state index is 0.234. The fraction of sp³-hybridized carbons (Fsp3) is 0.250. The number of ether oxygens (including phenoxy) is 2. The number of methoxy groups -OCH3 is 1. The lowest BCUT2D eigenvalue weighted by Crippen LogP contribution is -2.40. The largest absolute Gasteiger partial charge is 0.493 e. The molecule has 1 aliphatic rings. The highest BCUT2D eigenvalue weighted by Gasteiger charge is 2.34. The van der Waals surface area contributed by atoms with Crippen LogP contribution in [0.25, 0.3) is 6.08 Å². The van der Waals surface area contributed by atoms with Gasteiger partial charge in [-0.3, -0.25) is 14.3 Å². The van der Waals surface area contributed by atoms with E-state index >= 15 is 0 Å². The summed E-state index contributed by atoms with van der Waals surface area (Å²) in [5, 5.41) is 0. The van der Waals surface area contributed by atoms with E-state index in [1.807, 2.05) is 43.3 Å². The van der Waals surface area contributed by atoms with E-state index in [9.17, 15) is 9.59 Å². The minimum atomic E-state index is -0.706. The van der Waals surface area contributed by atoms with Crippen LogP contribution < -0.4 is 19.6 Å². The standard InChI is InChI=1S/C24H23N3O4S/c1-4-12-31-18-10-6-5-9-17(18)21-20(23(29)30-3)15(2)26-24-27(21)22(28)19(32-24)13-16-8-7-11-25-14-16/h5-11,13-14,21H,4,12H2,1-3H3/b19-13+/t21-/m1/s1. The van der Waals surface area contributed by atoms with Crippen molar-refractivity contribution >= 4 is 23.4 Å². The third-order valence-corrected chi connectivity index (χ3v) is 6.07. The molecule has 0 saturated carbocycles. The van der Waals surface area contributed by atoms with Crippen LogP contribution in [0.2, 0.25) is 0 Å². The summed E-state index contributed by atoms with van der Waals surface area (Å²) >= 11 is 1.28. The molecule has 0 N–H and O–H groups in total. The van der Waals surface area contributed by atoms with Crippen molar-refractivity contribution in [1.29, 1.82) is 0 Å². The van der Waals surface area contributed by atoms with Gasteiger partial charge in [-0.1, -0.05) is 42.5 Å². The molecular formula is C24H23N3O4S. The highest BCUT2D eigenvalue weighted by Crippen LogP contribution is 2.35. The lowest BCUT2D eigenvalue weighted by molar-refractivity contribution is -0.136. The Morgan fingerprint density at radius 3 is 2.78 bits per heavy atom. The number of benzene rings is 1. The molecular weight excluding hydrogens is 426 g/mol. The highest BCUT2D eigenvalue weighted by atomic mass is 32.1. The molecule has 0 aliphatic carbocycles. The number of fused-ring (bicyclic) bond motifs is 1. The van der Waals surface area contributed by atoms with Crippen LogP contribution in [0.5, 0.6) is 5.75 Å². The zero-order valence-electron chi connectivity index (χ0n) is 18.1. The number of carbonyl (C=O) groups excluding carboxylic acids is 1. The van der Waals surface area contributed by atoms with Crippen LogP contribution in [-0.4, -0.2) is 29.2 Å². The molecule has 32 heavy (non-hydrogen) atoms. The second-order valence-corrected chi connectivity index (χ2v) is 8.26. The number of nitrogens with zero attached hydrogens (tertiary/aromatic N) is 3. The van der Waals surface area contributed by atoms with Crippen LogP contribution in [0, 0.1) is 0 Å². The monoisotopic (exact) mass is 449 g/mol. The fourth-order valence-electron chi connectivity index (χ4n) is 3.65. The molecule has 1 aliphatic heterocycles. The van der Waals surface area contributed by atoms with Crippen molar-refractivity contribution < 1.29 is 14.3 Å². The van der Waals surface area contributed by atoms with Gasteiger partial charge in [-0.25, -0.2) is 9.79 Å². The maximum atomic E-state index is 13.5. The van der Waals surface area contributed by atoms with Gasteiger partial charge in [0.15, 0.2) is 4.80 Å². The van der Waals surface area contributed by atoms with Crippen molar-refractivity contribution in [2.45, 2.75) is 26.3 Å². The van der Waals surface area contributed by atoms with Crippen molar-refractivity contribution in [1.82, 2.24) is 9.55 Å². The minimum Gasteiger partial charge on any atom is -0.493 e. The Hall–Kier alpha value is -3.52. The number of para-hydroxylation sites is 1. The summed E-state index contributed by atoms with van der Waals surface area (Å²) in [4.78, 5) is 35.5. The Bertz CT molecular complexity index is 1360. The van der Waals surface area contributed by atoms with E-state index in [-0.39, 0.29) is 5.56 Å². The molecule has 3 heterocycles. The van der Waals surface area contributed by atoms with Crippen LogP contribution in [0.4, 0.5) is 0 Å². The molecule has 7 nitrogen and oxygen atoms in total. The van der Waals surface area contributed by atoms with Crippen LogP contribution >= 0.6 is 11.3 Å². The van der Waals surface area contributed by atoms with Crippen LogP contribution in [0.1, 0.15) is 37.4 Å². The van der Waals surface area contributed by atoms with Crippen molar-refractivity contribution in [3.8, 4) is 5.75 Å². The first-order valence-corrected chi connectivity index (χ1v) is 11.1. The summed E-state index contributed by atoms with van der Waals surface area (Å²) in [6.45, 7) is 4.30. The molecule has 0 amide bonds. The van der Waals surface area contributed by atoms with Gasteiger partial charge in [-0.2, -0.15) is 0 Å². The number of allylic oxidation sites excluding steroid dienone is 1. The molecule has 2 aromatic heterocycles. The normalized spacial score (nSPS) is 15.8. The number of pyridine rings is 1. The third-order valence-electron chi connectivity index (χ3n) is 5.08. The zero-order chi connectivity index (χ0) is 22.7. The van der Waals surface area contributed by atoms with Gasteiger partial charge >= 0.3 is 5.97 Å². The molecule has 3 aromatic rings. The Morgan fingerprint density at radius 1 is 1.25 bits per heavy atom. The van der Waals surface area contributed by atoms with Crippen molar-refractivity contribution in [3.63, 3.8) is 0 Å². The number of rotatable bonds is 6. The molecule has 0 saturated heterocycles. The number of hydrogen-bond donors (Lipinski definition) is 0. The molecule has 0 spiro atoms. The quantitative estimate of drug-likeness (QED) is 0.540. The average Bonchev–Trinajstić information content (AvgIpc) is 3.11. The number of hydrogen-bond acceptors (Lipinski definition) is 7. The smallest absolute Gasteiger partial charge is 0.338 e. The summed E-state index contributed by atoms with van der Waals surface area (Å²) in [6.07, 6.45) is 5.98. The maximum absolute atomic E-state index is 13.5. The Kier molecular flexibility index (Phi) is 6.32. The van der Waals surface area contributed by atoms with E-state index in [0.717, 1.165) is 12.0 Å². The van der Waals surface area contributed by atoms with Crippen molar-refractivity contribution in [2.24, 2.45) is 4.99 Å². The van der Waals surface area contributed by atoms with E-state index in [0.29, 0.717) is 38.5 Å². The van der Waals surface area contributed by atoms with E-state index < -0.39 is 12.0 Å². The topological polar surface area (TPSA) is 82.8 Å². The summed E-state index contributed by atoms with van der Waals surface area (Å²) in [6, 6.07) is 10.4. The Labute approximate surface area is 189 Å². The number of thiazole rings is 1. The lowest BCUT2D eigenvalue weighted by Gasteiger charge is -2.26. The highest BCUT2D eigenvalue weighted by molar-refractivity contribution is 7.07. The van der Waals surface area contributed by atoms with E-state index in [4.69, 9.17) is 9.47 Å². The first-order chi connectivity index (χ1) is 15.5.